The van der Waals surface area contributed by atoms with Crippen molar-refractivity contribution in [3.05, 3.63) is 28.8 Å². The highest BCUT2D eigenvalue weighted by Crippen LogP contribution is 2.29. The van der Waals surface area contributed by atoms with Crippen molar-refractivity contribution in [3.63, 3.8) is 0 Å². The van der Waals surface area contributed by atoms with Gasteiger partial charge in [-0.25, -0.2) is 0 Å². The lowest BCUT2D eigenvalue weighted by atomic mass is 10.1. The molecule has 1 heterocycles. The van der Waals surface area contributed by atoms with Gasteiger partial charge >= 0.3 is 5.97 Å². The molecule has 2 aliphatic rings. The predicted octanol–water partition coefficient (Wildman–Crippen LogP) is 2.92. The Morgan fingerprint density at radius 2 is 2.04 bits per heavy atom. The van der Waals surface area contributed by atoms with Gasteiger partial charge in [-0.15, -0.1) is 0 Å². The molecule has 1 aliphatic heterocycles. The summed E-state index contributed by atoms with van der Waals surface area (Å²) in [6.07, 6.45) is 4.45. The van der Waals surface area contributed by atoms with Crippen molar-refractivity contribution >= 4 is 35.1 Å². The maximum atomic E-state index is 12.2. The number of esters is 1. The second-order valence-electron chi connectivity index (χ2n) is 7.01. The zero-order chi connectivity index (χ0) is 18.7. The zero-order valence-electron chi connectivity index (χ0n) is 14.8. The minimum Gasteiger partial charge on any atom is -0.455 e. The molecular formula is C19H23ClN2O4. The molecule has 1 aromatic rings. The molecule has 1 atom stereocenters. The fraction of sp³-hybridized carbons (Fsp3) is 0.526. The molecule has 0 radical (unpaired) electrons. The van der Waals surface area contributed by atoms with Crippen LogP contribution in [0.2, 0.25) is 5.02 Å². The summed E-state index contributed by atoms with van der Waals surface area (Å²) in [5.74, 6) is -1.39. The molecule has 1 aliphatic carbocycles. The number of nitrogens with zero attached hydrogens (tertiary/aromatic N) is 1. The standard InChI is InChI=1S/C19H23ClN2O4/c1-12-6-7-14(9-16(12)20)21-17(23)11-26-19(25)13-8-18(24)22(10-13)15-4-2-3-5-15/h6-7,9,13,15H,2-5,8,10-11H2,1H3,(H,21,23)/t13-/m0/s1. The molecule has 0 aromatic heterocycles. The molecule has 0 bridgehead atoms. The van der Waals surface area contributed by atoms with Crippen molar-refractivity contribution in [1.29, 1.82) is 0 Å². The number of carbonyl (C=O) groups excluding carboxylic acids is 3. The molecule has 140 valence electrons. The largest absolute Gasteiger partial charge is 0.455 e. The number of nitrogens with one attached hydrogen (secondary N) is 1. The monoisotopic (exact) mass is 378 g/mol. The smallest absolute Gasteiger partial charge is 0.311 e. The first-order valence-electron chi connectivity index (χ1n) is 8.96. The van der Waals surface area contributed by atoms with E-state index in [-0.39, 0.29) is 25.0 Å². The fourth-order valence-corrected chi connectivity index (χ4v) is 3.76. The predicted molar refractivity (Wildman–Crippen MR) is 97.9 cm³/mol. The number of ether oxygens (including phenoxy) is 1. The van der Waals surface area contributed by atoms with Crippen molar-refractivity contribution < 1.29 is 19.1 Å². The van der Waals surface area contributed by atoms with Gasteiger partial charge in [-0.3, -0.25) is 14.4 Å². The SMILES string of the molecule is Cc1ccc(NC(=O)COC(=O)[C@H]2CC(=O)N(C3CCCC3)C2)cc1Cl. The van der Waals surface area contributed by atoms with Gasteiger partial charge in [0.15, 0.2) is 6.61 Å². The van der Waals surface area contributed by atoms with E-state index in [4.69, 9.17) is 16.3 Å². The van der Waals surface area contributed by atoms with Crippen LogP contribution in [0.25, 0.3) is 0 Å². The molecule has 2 amide bonds. The fourth-order valence-electron chi connectivity index (χ4n) is 3.58. The van der Waals surface area contributed by atoms with Crippen molar-refractivity contribution in [2.45, 2.75) is 45.1 Å². The highest BCUT2D eigenvalue weighted by Gasteiger charge is 2.39. The summed E-state index contributed by atoms with van der Waals surface area (Å²) in [4.78, 5) is 38.1. The summed E-state index contributed by atoms with van der Waals surface area (Å²) >= 11 is 6.02. The van der Waals surface area contributed by atoms with Gasteiger partial charge < -0.3 is 15.0 Å². The van der Waals surface area contributed by atoms with Crippen LogP contribution in [0.1, 0.15) is 37.7 Å². The summed E-state index contributed by atoms with van der Waals surface area (Å²) in [5.41, 5.74) is 1.46. The molecular weight excluding hydrogens is 356 g/mol. The number of hydrogen-bond acceptors (Lipinski definition) is 4. The number of hydrogen-bond donors (Lipinski definition) is 1. The third-order valence-corrected chi connectivity index (χ3v) is 5.47. The molecule has 7 heteroatoms. The molecule has 1 N–H and O–H groups in total. The minimum absolute atomic E-state index is 0.0117. The molecule has 2 fully saturated rings. The highest BCUT2D eigenvalue weighted by molar-refractivity contribution is 6.31. The third kappa shape index (κ3) is 4.36. The van der Waals surface area contributed by atoms with Gasteiger partial charge in [0.05, 0.1) is 5.92 Å². The van der Waals surface area contributed by atoms with Crippen molar-refractivity contribution in [2.24, 2.45) is 5.92 Å². The van der Waals surface area contributed by atoms with E-state index in [0.29, 0.717) is 17.3 Å². The van der Waals surface area contributed by atoms with Crippen LogP contribution in [0.15, 0.2) is 18.2 Å². The molecule has 0 unspecified atom stereocenters. The van der Waals surface area contributed by atoms with E-state index in [1.807, 2.05) is 11.8 Å². The van der Waals surface area contributed by atoms with E-state index in [0.717, 1.165) is 31.2 Å². The summed E-state index contributed by atoms with van der Waals surface area (Å²) in [7, 11) is 0. The van der Waals surface area contributed by atoms with Gasteiger partial charge in [-0.1, -0.05) is 30.5 Å². The van der Waals surface area contributed by atoms with E-state index in [9.17, 15) is 14.4 Å². The number of rotatable bonds is 5. The summed E-state index contributed by atoms with van der Waals surface area (Å²) in [6.45, 7) is 1.89. The molecule has 6 nitrogen and oxygen atoms in total. The lowest BCUT2D eigenvalue weighted by molar-refractivity contribution is -0.151. The van der Waals surface area contributed by atoms with Crippen LogP contribution < -0.4 is 5.32 Å². The average molecular weight is 379 g/mol. The number of halogens is 1. The molecule has 1 saturated carbocycles. The van der Waals surface area contributed by atoms with Crippen LogP contribution in [0.3, 0.4) is 0 Å². The molecule has 3 rings (SSSR count). The maximum Gasteiger partial charge on any atom is 0.311 e. The Hall–Kier alpha value is -2.08. The third-order valence-electron chi connectivity index (χ3n) is 5.06. The number of amides is 2. The quantitative estimate of drug-likeness (QED) is 0.799. The Labute approximate surface area is 157 Å². The molecule has 1 aromatic carbocycles. The van der Waals surface area contributed by atoms with Crippen LogP contribution in [0.4, 0.5) is 5.69 Å². The van der Waals surface area contributed by atoms with Crippen molar-refractivity contribution in [3.8, 4) is 0 Å². The maximum absolute atomic E-state index is 12.2. The van der Waals surface area contributed by atoms with Crippen LogP contribution in [-0.2, 0) is 19.1 Å². The van der Waals surface area contributed by atoms with E-state index in [2.05, 4.69) is 5.32 Å². The van der Waals surface area contributed by atoms with Gasteiger partial charge in [0.25, 0.3) is 5.91 Å². The summed E-state index contributed by atoms with van der Waals surface area (Å²) < 4.78 is 5.11. The Morgan fingerprint density at radius 3 is 2.73 bits per heavy atom. The van der Waals surface area contributed by atoms with Gasteiger partial charge in [0, 0.05) is 29.7 Å². The van der Waals surface area contributed by atoms with E-state index < -0.39 is 17.8 Å². The Morgan fingerprint density at radius 1 is 1.31 bits per heavy atom. The average Bonchev–Trinajstić information content (AvgIpc) is 3.25. The second kappa shape index (κ2) is 8.08. The van der Waals surface area contributed by atoms with Gasteiger partial charge in [-0.2, -0.15) is 0 Å². The first kappa shape index (κ1) is 18.7. The molecule has 1 saturated heterocycles. The summed E-state index contributed by atoms with van der Waals surface area (Å²) in [5, 5.41) is 3.19. The number of anilines is 1. The first-order valence-corrected chi connectivity index (χ1v) is 9.34. The van der Waals surface area contributed by atoms with Gasteiger partial charge in [-0.05, 0) is 37.5 Å². The number of benzene rings is 1. The van der Waals surface area contributed by atoms with Crippen molar-refractivity contribution in [2.75, 3.05) is 18.5 Å². The molecule has 0 spiro atoms. The zero-order valence-corrected chi connectivity index (χ0v) is 15.6. The van der Waals surface area contributed by atoms with Crippen LogP contribution in [0, 0.1) is 12.8 Å². The van der Waals surface area contributed by atoms with Crippen molar-refractivity contribution in [1.82, 2.24) is 4.90 Å². The van der Waals surface area contributed by atoms with E-state index in [1.54, 1.807) is 18.2 Å². The number of carbonyl (C=O) groups is 3. The van der Waals surface area contributed by atoms with Gasteiger partial charge in [0.1, 0.15) is 0 Å². The first-order chi connectivity index (χ1) is 12.4. The Balaban J connectivity index is 1.46. The Kier molecular flexibility index (Phi) is 5.81. The number of likely N-dealkylation sites (tertiary alicyclic amines) is 1. The lowest BCUT2D eigenvalue weighted by Gasteiger charge is -2.23. The Bertz CT molecular complexity index is 715. The highest BCUT2D eigenvalue weighted by atomic mass is 35.5. The molecule has 26 heavy (non-hydrogen) atoms. The topological polar surface area (TPSA) is 75.7 Å². The minimum atomic E-state index is -0.490. The van der Waals surface area contributed by atoms with Gasteiger partial charge in [0.2, 0.25) is 5.91 Å². The summed E-state index contributed by atoms with van der Waals surface area (Å²) in [6, 6.07) is 5.43. The number of aryl methyl sites for hydroxylation is 1. The lowest BCUT2D eigenvalue weighted by Crippen LogP contribution is -2.35. The van der Waals surface area contributed by atoms with Crippen LogP contribution in [-0.4, -0.2) is 41.9 Å². The van der Waals surface area contributed by atoms with E-state index in [1.165, 1.54) is 0 Å². The van der Waals surface area contributed by atoms with E-state index >= 15 is 0 Å². The van der Waals surface area contributed by atoms with Crippen LogP contribution in [0.5, 0.6) is 0 Å². The van der Waals surface area contributed by atoms with Crippen LogP contribution >= 0.6 is 11.6 Å². The normalized spacial score (nSPS) is 20.5. The second-order valence-corrected chi connectivity index (χ2v) is 7.41.